The van der Waals surface area contributed by atoms with Gasteiger partial charge in [0.15, 0.2) is 11.0 Å². The molecule has 1 aliphatic rings. The van der Waals surface area contributed by atoms with Gasteiger partial charge in [-0.25, -0.2) is 4.39 Å². The van der Waals surface area contributed by atoms with Gasteiger partial charge in [0, 0.05) is 35.7 Å². The van der Waals surface area contributed by atoms with E-state index in [0.29, 0.717) is 38.0 Å². The molecule has 2 amide bonds. The van der Waals surface area contributed by atoms with Crippen molar-refractivity contribution >= 4 is 58.4 Å². The fourth-order valence-corrected chi connectivity index (χ4v) is 4.71. The summed E-state index contributed by atoms with van der Waals surface area (Å²) in [6, 6.07) is 9.25. The summed E-state index contributed by atoms with van der Waals surface area (Å²) in [5.41, 5.74) is 1.11. The molecule has 1 saturated heterocycles. The number of thioether (sulfide) groups is 1. The Morgan fingerprint density at radius 2 is 1.71 bits per heavy atom. The highest BCUT2D eigenvalue weighted by atomic mass is 35.5. The van der Waals surface area contributed by atoms with Crippen LogP contribution >= 0.6 is 46.6 Å². The lowest BCUT2D eigenvalue weighted by atomic mass is 10.2. The summed E-state index contributed by atoms with van der Waals surface area (Å²) >= 11 is 19.7. The van der Waals surface area contributed by atoms with Crippen molar-refractivity contribution in [3.63, 3.8) is 0 Å². The molecule has 2 aromatic carbocycles. The minimum atomic E-state index is -0.551. The molecule has 6 nitrogen and oxygen atoms in total. The third-order valence-corrected chi connectivity index (χ3v) is 6.41. The van der Waals surface area contributed by atoms with Gasteiger partial charge in [-0.3, -0.25) is 19.1 Å². The van der Waals surface area contributed by atoms with E-state index in [9.17, 15) is 14.0 Å². The summed E-state index contributed by atoms with van der Waals surface area (Å²) in [7, 11) is 0. The fourth-order valence-electron chi connectivity index (χ4n) is 3.17. The van der Waals surface area contributed by atoms with Crippen LogP contribution < -0.4 is 0 Å². The smallest absolute Gasteiger partial charge is 0.229 e. The maximum Gasteiger partial charge on any atom is 0.229 e. The van der Waals surface area contributed by atoms with Crippen molar-refractivity contribution in [3.8, 4) is 17.1 Å². The van der Waals surface area contributed by atoms with Gasteiger partial charge in [0.05, 0.1) is 15.7 Å². The molecule has 1 fully saturated rings. The summed E-state index contributed by atoms with van der Waals surface area (Å²) in [6.45, 7) is 0.260. The van der Waals surface area contributed by atoms with Crippen molar-refractivity contribution in [2.24, 2.45) is 0 Å². The minimum Gasteiger partial charge on any atom is -0.282 e. The highest BCUT2D eigenvalue weighted by Crippen LogP contribution is 2.34. The van der Waals surface area contributed by atoms with E-state index < -0.39 is 5.82 Å². The first-order chi connectivity index (χ1) is 14.8. The molecule has 0 spiro atoms. The number of amides is 2. The summed E-state index contributed by atoms with van der Waals surface area (Å²) in [6.07, 6.45) is 0.486. The van der Waals surface area contributed by atoms with Crippen molar-refractivity contribution in [1.82, 2.24) is 19.7 Å². The number of halogens is 4. The normalized spacial score (nSPS) is 14.0. The number of hydrogen-bond acceptors (Lipinski definition) is 5. The zero-order valence-corrected chi connectivity index (χ0v) is 18.9. The molecule has 1 aromatic heterocycles. The lowest BCUT2D eigenvalue weighted by Gasteiger charge is -2.14. The van der Waals surface area contributed by atoms with Gasteiger partial charge in [0.25, 0.3) is 0 Å². The number of aromatic nitrogens is 3. The Morgan fingerprint density at radius 1 is 0.968 bits per heavy atom. The molecule has 0 radical (unpaired) electrons. The van der Waals surface area contributed by atoms with Crippen molar-refractivity contribution in [2.75, 3.05) is 12.3 Å². The van der Waals surface area contributed by atoms with Crippen LogP contribution in [0.2, 0.25) is 15.1 Å². The van der Waals surface area contributed by atoms with Gasteiger partial charge in [0.1, 0.15) is 5.82 Å². The molecule has 0 aliphatic carbocycles. The Morgan fingerprint density at radius 3 is 2.39 bits per heavy atom. The van der Waals surface area contributed by atoms with E-state index in [4.69, 9.17) is 34.8 Å². The number of nitrogens with zero attached hydrogens (tertiary/aromatic N) is 4. The molecular weight excluding hydrogens is 486 g/mol. The average molecular weight is 500 g/mol. The second kappa shape index (κ2) is 9.16. The summed E-state index contributed by atoms with van der Waals surface area (Å²) < 4.78 is 15.4. The molecule has 31 heavy (non-hydrogen) atoms. The van der Waals surface area contributed by atoms with Crippen LogP contribution in [0.3, 0.4) is 0 Å². The molecule has 0 bridgehead atoms. The van der Waals surface area contributed by atoms with Crippen molar-refractivity contribution in [3.05, 3.63) is 57.3 Å². The topological polar surface area (TPSA) is 68.1 Å². The maximum atomic E-state index is 13.7. The fraction of sp³-hybridized carbons (Fsp3) is 0.200. The van der Waals surface area contributed by atoms with E-state index >= 15 is 0 Å². The molecule has 2 heterocycles. The summed E-state index contributed by atoms with van der Waals surface area (Å²) in [5.74, 6) is -0.0687. The number of rotatable bonds is 6. The van der Waals surface area contributed by atoms with Gasteiger partial charge in [-0.2, -0.15) is 0 Å². The second-order valence-electron chi connectivity index (χ2n) is 6.65. The second-order valence-corrected chi connectivity index (χ2v) is 8.96. The Labute approximate surface area is 196 Å². The number of imide groups is 1. The molecule has 1 aliphatic heterocycles. The zero-order valence-electron chi connectivity index (χ0n) is 15.8. The first-order valence-electron chi connectivity index (χ1n) is 9.17. The third-order valence-electron chi connectivity index (χ3n) is 4.67. The van der Waals surface area contributed by atoms with E-state index in [0.717, 1.165) is 0 Å². The Balaban J connectivity index is 1.69. The monoisotopic (exact) mass is 498 g/mol. The predicted molar refractivity (Wildman–Crippen MR) is 118 cm³/mol. The molecule has 0 atom stereocenters. The Hall–Kier alpha value is -2.13. The zero-order chi connectivity index (χ0) is 22.1. The average Bonchev–Trinajstić information content (AvgIpc) is 3.28. The summed E-state index contributed by atoms with van der Waals surface area (Å²) in [5, 5.41) is 9.78. The standard InChI is InChI=1S/C20H14Cl3FN4O2S/c21-11-1-3-13(14(22)9-11)19-25-26-20(28(19)12-2-4-16(24)15(23)10-12)31-8-7-27-17(29)5-6-18(27)30/h1-4,9-10H,5-8H2. The molecular formula is C20H14Cl3FN4O2S. The molecule has 0 saturated carbocycles. The van der Waals surface area contributed by atoms with E-state index in [1.165, 1.54) is 28.8 Å². The molecule has 3 aromatic rings. The molecule has 160 valence electrons. The molecule has 11 heteroatoms. The minimum absolute atomic E-state index is 0.0523. The lowest BCUT2D eigenvalue weighted by Crippen LogP contribution is -2.31. The van der Waals surface area contributed by atoms with Crippen molar-refractivity contribution in [1.29, 1.82) is 0 Å². The van der Waals surface area contributed by atoms with E-state index in [2.05, 4.69) is 10.2 Å². The van der Waals surface area contributed by atoms with Gasteiger partial charge in [-0.15, -0.1) is 10.2 Å². The van der Waals surface area contributed by atoms with Gasteiger partial charge < -0.3 is 0 Å². The third kappa shape index (κ3) is 4.57. The highest BCUT2D eigenvalue weighted by Gasteiger charge is 2.28. The van der Waals surface area contributed by atoms with Gasteiger partial charge >= 0.3 is 0 Å². The van der Waals surface area contributed by atoms with Crippen LogP contribution in [0.25, 0.3) is 17.1 Å². The number of hydrogen-bond donors (Lipinski definition) is 0. The van der Waals surface area contributed by atoms with Crippen LogP contribution in [0, 0.1) is 5.82 Å². The van der Waals surface area contributed by atoms with Crippen molar-refractivity contribution in [2.45, 2.75) is 18.0 Å². The quantitative estimate of drug-likeness (QED) is 0.341. The van der Waals surface area contributed by atoms with Crippen LogP contribution in [0.4, 0.5) is 4.39 Å². The van der Waals surface area contributed by atoms with E-state index in [-0.39, 0.29) is 36.2 Å². The highest BCUT2D eigenvalue weighted by molar-refractivity contribution is 7.99. The van der Waals surface area contributed by atoms with Crippen LogP contribution in [0.1, 0.15) is 12.8 Å². The molecule has 4 rings (SSSR count). The Bertz CT molecular complexity index is 1170. The van der Waals surface area contributed by atoms with E-state index in [1.54, 1.807) is 28.8 Å². The lowest BCUT2D eigenvalue weighted by molar-refractivity contribution is -0.137. The SMILES string of the molecule is O=C1CCC(=O)N1CCSc1nnc(-c2ccc(Cl)cc2Cl)n1-c1ccc(F)c(Cl)c1. The van der Waals surface area contributed by atoms with Gasteiger partial charge in [-0.05, 0) is 36.4 Å². The predicted octanol–water partition coefficient (Wildman–Crippen LogP) is 5.27. The first kappa shape index (κ1) is 22.1. The van der Waals surface area contributed by atoms with Gasteiger partial charge in [0.2, 0.25) is 11.8 Å². The number of likely N-dealkylation sites (tertiary alicyclic amines) is 1. The van der Waals surface area contributed by atoms with Crippen LogP contribution in [-0.4, -0.2) is 43.8 Å². The van der Waals surface area contributed by atoms with Crippen LogP contribution in [0.15, 0.2) is 41.6 Å². The Kier molecular flexibility index (Phi) is 6.52. The number of benzene rings is 2. The van der Waals surface area contributed by atoms with E-state index in [1.807, 2.05) is 0 Å². The maximum absolute atomic E-state index is 13.7. The molecule has 0 N–H and O–H groups in total. The van der Waals surface area contributed by atoms with Gasteiger partial charge in [-0.1, -0.05) is 46.6 Å². The first-order valence-corrected chi connectivity index (χ1v) is 11.3. The van der Waals surface area contributed by atoms with Crippen LogP contribution in [0.5, 0.6) is 0 Å². The largest absolute Gasteiger partial charge is 0.282 e. The summed E-state index contributed by atoms with van der Waals surface area (Å²) in [4.78, 5) is 24.9. The van der Waals surface area contributed by atoms with Crippen molar-refractivity contribution < 1.29 is 14.0 Å². The van der Waals surface area contributed by atoms with Crippen LogP contribution in [-0.2, 0) is 9.59 Å². The molecule has 0 unspecified atom stereocenters. The number of carbonyl (C=O) groups excluding carboxylic acids is 2. The number of carbonyl (C=O) groups is 2.